The summed E-state index contributed by atoms with van der Waals surface area (Å²) in [6, 6.07) is 13.8. The quantitative estimate of drug-likeness (QED) is 0.510. The molecule has 1 heterocycles. The highest BCUT2D eigenvalue weighted by molar-refractivity contribution is 5.82. The first-order valence-electron chi connectivity index (χ1n) is 7.01. The van der Waals surface area contributed by atoms with Crippen molar-refractivity contribution in [3.05, 3.63) is 66.0 Å². The lowest BCUT2D eigenvalue weighted by atomic mass is 10.0. The molecule has 2 aromatic rings. The van der Waals surface area contributed by atoms with Crippen LogP contribution in [-0.4, -0.2) is 12.1 Å². The predicted molar refractivity (Wildman–Crippen MR) is 82.9 cm³/mol. The molecule has 0 saturated heterocycles. The van der Waals surface area contributed by atoms with E-state index in [9.17, 15) is 4.79 Å². The van der Waals surface area contributed by atoms with Crippen LogP contribution >= 0.6 is 0 Å². The van der Waals surface area contributed by atoms with Crippen LogP contribution in [0.5, 0.6) is 0 Å². The lowest BCUT2D eigenvalue weighted by Crippen LogP contribution is -2.40. The van der Waals surface area contributed by atoms with Crippen molar-refractivity contribution < 1.29 is 9.36 Å². The fourth-order valence-electron chi connectivity index (χ4n) is 1.89. The van der Waals surface area contributed by atoms with Crippen molar-refractivity contribution in [2.24, 2.45) is 5.10 Å². The third-order valence-electron chi connectivity index (χ3n) is 3.11. The number of nitrogens with one attached hydrogen (secondary N) is 1. The number of nitrogens with zero attached hydrogens (tertiary/aromatic N) is 2. The summed E-state index contributed by atoms with van der Waals surface area (Å²) >= 11 is 0. The molecule has 0 aliphatic rings. The van der Waals surface area contributed by atoms with E-state index in [1.807, 2.05) is 42.7 Å². The summed E-state index contributed by atoms with van der Waals surface area (Å²) < 4.78 is 1.79. The highest BCUT2D eigenvalue weighted by Gasteiger charge is 2.06. The first-order chi connectivity index (χ1) is 10.1. The maximum absolute atomic E-state index is 11.7. The topological polar surface area (TPSA) is 45.3 Å². The van der Waals surface area contributed by atoms with Gasteiger partial charge in [0.2, 0.25) is 6.54 Å². The van der Waals surface area contributed by atoms with Gasteiger partial charge in [-0.2, -0.15) is 9.67 Å². The summed E-state index contributed by atoms with van der Waals surface area (Å²) in [5.41, 5.74) is 4.78. The fourth-order valence-corrected chi connectivity index (χ4v) is 1.89. The lowest BCUT2D eigenvalue weighted by Gasteiger charge is -2.04. The third kappa shape index (κ3) is 4.84. The van der Waals surface area contributed by atoms with Crippen LogP contribution in [0.4, 0.5) is 0 Å². The van der Waals surface area contributed by atoms with Gasteiger partial charge in [0, 0.05) is 12.1 Å². The van der Waals surface area contributed by atoms with Crippen LogP contribution in [0.3, 0.4) is 0 Å². The van der Waals surface area contributed by atoms with Gasteiger partial charge < -0.3 is 0 Å². The zero-order valence-corrected chi connectivity index (χ0v) is 12.4. The predicted octanol–water partition coefficient (Wildman–Crippen LogP) is 2.25. The van der Waals surface area contributed by atoms with Crippen molar-refractivity contribution in [1.29, 1.82) is 0 Å². The van der Waals surface area contributed by atoms with Crippen LogP contribution in [0.1, 0.15) is 30.9 Å². The number of pyridine rings is 1. The Bertz CT molecular complexity index is 604. The van der Waals surface area contributed by atoms with Crippen LogP contribution in [-0.2, 0) is 11.3 Å². The number of carbonyl (C=O) groups excluding carboxylic acids is 1. The molecule has 0 bridgehead atoms. The molecule has 1 amide bonds. The molecule has 0 unspecified atom stereocenters. The lowest BCUT2D eigenvalue weighted by molar-refractivity contribution is -0.684. The normalized spacial score (nSPS) is 11.0. The van der Waals surface area contributed by atoms with E-state index < -0.39 is 0 Å². The molecule has 0 fully saturated rings. The van der Waals surface area contributed by atoms with Gasteiger partial charge >= 0.3 is 5.91 Å². The van der Waals surface area contributed by atoms with Crippen molar-refractivity contribution in [3.63, 3.8) is 0 Å². The zero-order chi connectivity index (χ0) is 15.1. The molecule has 108 valence electrons. The molecular formula is C17H20N3O+. The van der Waals surface area contributed by atoms with Crippen molar-refractivity contribution in [3.8, 4) is 0 Å². The van der Waals surface area contributed by atoms with Gasteiger partial charge in [0.15, 0.2) is 12.4 Å². The van der Waals surface area contributed by atoms with Gasteiger partial charge in [-0.25, -0.2) is 5.43 Å². The second-order valence-electron chi connectivity index (χ2n) is 5.16. The summed E-state index contributed by atoms with van der Waals surface area (Å²) in [6.07, 6.45) is 5.33. The maximum Gasteiger partial charge on any atom is 0.305 e. The van der Waals surface area contributed by atoms with E-state index in [-0.39, 0.29) is 12.5 Å². The van der Waals surface area contributed by atoms with E-state index in [0.717, 1.165) is 5.56 Å². The SMILES string of the molecule is CC(C)c1ccc(/C=N/NC(=O)C[n+]2ccccc2)cc1. The Morgan fingerprint density at radius 1 is 1.19 bits per heavy atom. The first-order valence-corrected chi connectivity index (χ1v) is 7.01. The highest BCUT2D eigenvalue weighted by atomic mass is 16.2. The standard InChI is InChI=1S/C17H19N3O/c1-14(2)16-8-6-15(7-9-16)12-18-19-17(21)13-20-10-4-3-5-11-20/h3-12,14H,13H2,1-2H3/p+1/b18-12+. The number of carbonyl (C=O) groups is 1. The molecule has 0 saturated carbocycles. The smallest absolute Gasteiger partial charge is 0.266 e. The van der Waals surface area contributed by atoms with Gasteiger partial charge in [0.05, 0.1) is 6.21 Å². The highest BCUT2D eigenvalue weighted by Crippen LogP contribution is 2.13. The van der Waals surface area contributed by atoms with E-state index in [4.69, 9.17) is 0 Å². The van der Waals surface area contributed by atoms with Crippen molar-refractivity contribution in [1.82, 2.24) is 5.43 Å². The molecule has 0 aliphatic carbocycles. The summed E-state index contributed by atoms with van der Waals surface area (Å²) in [5.74, 6) is 0.361. The Labute approximate surface area is 125 Å². The van der Waals surface area contributed by atoms with Crippen LogP contribution < -0.4 is 9.99 Å². The Balaban J connectivity index is 1.86. The minimum absolute atomic E-state index is 0.152. The minimum Gasteiger partial charge on any atom is -0.266 e. The molecule has 4 nitrogen and oxygen atoms in total. The summed E-state index contributed by atoms with van der Waals surface area (Å²) in [4.78, 5) is 11.7. The molecule has 4 heteroatoms. The molecule has 21 heavy (non-hydrogen) atoms. The second kappa shape index (κ2) is 7.33. The number of amides is 1. The number of hydrazone groups is 1. The van der Waals surface area contributed by atoms with Gasteiger partial charge in [-0.3, -0.25) is 4.79 Å². The Morgan fingerprint density at radius 2 is 1.86 bits per heavy atom. The van der Waals surface area contributed by atoms with Gasteiger partial charge in [-0.1, -0.05) is 44.2 Å². The summed E-state index contributed by atoms with van der Waals surface area (Å²) in [7, 11) is 0. The molecule has 0 spiro atoms. The second-order valence-corrected chi connectivity index (χ2v) is 5.16. The zero-order valence-electron chi connectivity index (χ0n) is 12.4. The van der Waals surface area contributed by atoms with Crippen LogP contribution in [0.15, 0.2) is 60.0 Å². The number of aromatic nitrogens is 1. The van der Waals surface area contributed by atoms with E-state index >= 15 is 0 Å². The van der Waals surface area contributed by atoms with Gasteiger partial charge in [0.25, 0.3) is 0 Å². The maximum atomic E-state index is 11.7. The van der Waals surface area contributed by atoms with E-state index in [1.165, 1.54) is 5.56 Å². The molecule has 0 radical (unpaired) electrons. The van der Waals surface area contributed by atoms with Crippen LogP contribution in [0.25, 0.3) is 0 Å². The molecule has 1 N–H and O–H groups in total. The van der Waals surface area contributed by atoms with Crippen LogP contribution in [0.2, 0.25) is 0 Å². The molecule has 0 atom stereocenters. The fraction of sp³-hybridized carbons (Fsp3) is 0.235. The van der Waals surface area contributed by atoms with Crippen molar-refractivity contribution in [2.75, 3.05) is 0 Å². The van der Waals surface area contributed by atoms with Gasteiger partial charge in [-0.15, -0.1) is 0 Å². The average Bonchev–Trinajstić information content (AvgIpc) is 2.49. The minimum atomic E-state index is -0.152. The van der Waals surface area contributed by atoms with Gasteiger partial charge in [-0.05, 0) is 17.0 Å². The van der Waals surface area contributed by atoms with E-state index in [0.29, 0.717) is 5.92 Å². The van der Waals surface area contributed by atoms with Crippen molar-refractivity contribution in [2.45, 2.75) is 26.3 Å². The molecule has 0 aliphatic heterocycles. The van der Waals surface area contributed by atoms with Crippen LogP contribution in [0, 0.1) is 0 Å². The Hall–Kier alpha value is -2.49. The molecule has 2 rings (SSSR count). The summed E-state index contributed by atoms with van der Waals surface area (Å²) in [5, 5.41) is 3.97. The largest absolute Gasteiger partial charge is 0.305 e. The Kier molecular flexibility index (Phi) is 5.21. The van der Waals surface area contributed by atoms with E-state index in [1.54, 1.807) is 10.8 Å². The van der Waals surface area contributed by atoms with E-state index in [2.05, 4.69) is 36.5 Å². The number of hydrogen-bond donors (Lipinski definition) is 1. The monoisotopic (exact) mass is 282 g/mol. The Morgan fingerprint density at radius 3 is 2.48 bits per heavy atom. The van der Waals surface area contributed by atoms with Gasteiger partial charge in [0.1, 0.15) is 0 Å². The average molecular weight is 282 g/mol. The van der Waals surface area contributed by atoms with Crippen molar-refractivity contribution >= 4 is 12.1 Å². The summed E-state index contributed by atoms with van der Waals surface area (Å²) in [6.45, 7) is 4.57. The number of benzene rings is 1. The number of rotatable bonds is 5. The number of hydrogen-bond acceptors (Lipinski definition) is 2. The molecular weight excluding hydrogens is 262 g/mol. The molecule has 1 aromatic heterocycles. The molecule has 1 aromatic carbocycles. The third-order valence-corrected chi connectivity index (χ3v) is 3.11. The first kappa shape index (κ1) is 14.9.